The number of fused-ring (bicyclic) bond motifs is 7. The molecule has 0 saturated heterocycles. The van der Waals surface area contributed by atoms with Crippen LogP contribution in [0.15, 0.2) is 48.5 Å². The van der Waals surface area contributed by atoms with Crippen molar-refractivity contribution in [2.45, 2.75) is 0 Å². The lowest BCUT2D eigenvalue weighted by molar-refractivity contribution is 1.51. The second kappa shape index (κ2) is 4.19. The second-order valence-electron chi connectivity index (χ2n) is 5.49. The van der Waals surface area contributed by atoms with E-state index in [2.05, 4.69) is 34.2 Å². The molecule has 0 fully saturated rings. The third kappa shape index (κ3) is 1.46. The van der Waals surface area contributed by atoms with Gasteiger partial charge in [-0.25, -0.2) is 0 Å². The van der Waals surface area contributed by atoms with Gasteiger partial charge in [0.25, 0.3) is 0 Å². The smallest absolute Gasteiger partial charge is 0.0710 e. The van der Waals surface area contributed by atoms with E-state index in [0.717, 1.165) is 53.7 Å². The molecule has 2 nitrogen and oxygen atoms in total. The van der Waals surface area contributed by atoms with Crippen LogP contribution in [0.4, 0.5) is 0 Å². The minimum Gasteiger partial charge on any atom is -0.352 e. The van der Waals surface area contributed by atoms with E-state index < -0.39 is 0 Å². The molecule has 0 atom stereocenters. The number of halogens is 2. The minimum atomic E-state index is 0.732. The highest BCUT2D eigenvalue weighted by Crippen LogP contribution is 2.37. The van der Waals surface area contributed by atoms with Crippen LogP contribution in [0.25, 0.3) is 43.6 Å². The third-order valence-electron chi connectivity index (χ3n) is 4.31. The van der Waals surface area contributed by atoms with Gasteiger partial charge >= 0.3 is 0 Å². The number of hydrogen-bond acceptors (Lipinski definition) is 0. The molecule has 2 heterocycles. The molecule has 2 N–H and O–H groups in total. The van der Waals surface area contributed by atoms with Gasteiger partial charge in [0.05, 0.1) is 32.1 Å². The lowest BCUT2D eigenvalue weighted by Gasteiger charge is -1.94. The van der Waals surface area contributed by atoms with E-state index in [9.17, 15) is 0 Å². The molecule has 0 aliphatic rings. The minimum absolute atomic E-state index is 0.732. The second-order valence-corrected chi connectivity index (χ2v) is 6.30. The molecule has 4 heteroatoms. The van der Waals surface area contributed by atoms with E-state index >= 15 is 0 Å². The Morgan fingerprint density at radius 3 is 1.36 bits per heavy atom. The Morgan fingerprint density at radius 2 is 0.909 bits per heavy atom. The number of nitrogens with one attached hydrogen (secondary N) is 2. The Kier molecular flexibility index (Phi) is 2.36. The molecular weight excluding hydrogens is 315 g/mol. The molecule has 2 aromatic heterocycles. The zero-order chi connectivity index (χ0) is 14.8. The lowest BCUT2D eigenvalue weighted by atomic mass is 10.1. The maximum atomic E-state index is 6.32. The van der Waals surface area contributed by atoms with Gasteiger partial charge in [0.1, 0.15) is 0 Å². The summed E-state index contributed by atoms with van der Waals surface area (Å²) in [6, 6.07) is 16.2. The van der Waals surface area contributed by atoms with Crippen molar-refractivity contribution in [3.05, 3.63) is 58.6 Å². The number of H-pyrrole nitrogens is 2. The Morgan fingerprint density at radius 1 is 0.500 bits per heavy atom. The summed E-state index contributed by atoms with van der Waals surface area (Å²) in [6.45, 7) is 0. The summed E-state index contributed by atoms with van der Waals surface area (Å²) in [5.74, 6) is 0. The van der Waals surface area contributed by atoms with Crippen molar-refractivity contribution in [1.29, 1.82) is 0 Å². The van der Waals surface area contributed by atoms with Gasteiger partial charge in [-0.3, -0.25) is 0 Å². The Hall–Kier alpha value is -2.16. The fraction of sp³-hybridized carbons (Fsp3) is 0. The van der Waals surface area contributed by atoms with Gasteiger partial charge in [-0.15, -0.1) is 0 Å². The summed E-state index contributed by atoms with van der Waals surface area (Å²) >= 11 is 12.6. The highest BCUT2D eigenvalue weighted by molar-refractivity contribution is 6.38. The predicted molar refractivity (Wildman–Crippen MR) is 95.2 cm³/mol. The van der Waals surface area contributed by atoms with Crippen molar-refractivity contribution in [2.75, 3.05) is 0 Å². The van der Waals surface area contributed by atoms with Gasteiger partial charge in [0.15, 0.2) is 0 Å². The fourth-order valence-corrected chi connectivity index (χ4v) is 3.76. The molecular formula is C18H10Cl2N2. The van der Waals surface area contributed by atoms with Crippen LogP contribution in [-0.4, -0.2) is 9.97 Å². The van der Waals surface area contributed by atoms with Gasteiger partial charge in [-0.05, 0) is 12.1 Å². The number of benzene rings is 3. The monoisotopic (exact) mass is 324 g/mol. The van der Waals surface area contributed by atoms with Gasteiger partial charge in [0, 0.05) is 21.5 Å². The zero-order valence-electron chi connectivity index (χ0n) is 11.4. The molecule has 106 valence electrons. The van der Waals surface area contributed by atoms with Crippen LogP contribution in [-0.2, 0) is 0 Å². The summed E-state index contributed by atoms with van der Waals surface area (Å²) in [6.07, 6.45) is 0. The zero-order valence-corrected chi connectivity index (χ0v) is 12.9. The molecule has 3 aromatic carbocycles. The molecule has 0 unspecified atom stereocenters. The van der Waals surface area contributed by atoms with Crippen molar-refractivity contribution in [2.24, 2.45) is 0 Å². The van der Waals surface area contributed by atoms with Crippen LogP contribution in [0, 0.1) is 0 Å². The largest absolute Gasteiger partial charge is 0.352 e. The maximum absolute atomic E-state index is 6.32. The highest BCUT2D eigenvalue weighted by Gasteiger charge is 2.13. The summed E-state index contributed by atoms with van der Waals surface area (Å²) < 4.78 is 0. The van der Waals surface area contributed by atoms with Gasteiger partial charge in [-0.1, -0.05) is 59.6 Å². The van der Waals surface area contributed by atoms with Gasteiger partial charge in [-0.2, -0.15) is 0 Å². The number of aromatic nitrogens is 2. The molecule has 0 bridgehead atoms. The van der Waals surface area contributed by atoms with Crippen LogP contribution >= 0.6 is 23.2 Å². The molecule has 5 rings (SSSR count). The molecule has 0 aliphatic heterocycles. The quantitative estimate of drug-likeness (QED) is 0.337. The van der Waals surface area contributed by atoms with Crippen molar-refractivity contribution in [1.82, 2.24) is 9.97 Å². The van der Waals surface area contributed by atoms with E-state index in [1.54, 1.807) is 0 Å². The first-order valence-electron chi connectivity index (χ1n) is 7.03. The average molecular weight is 325 g/mol. The Balaban J connectivity index is 2.08. The molecule has 0 amide bonds. The van der Waals surface area contributed by atoms with E-state index in [1.165, 1.54) is 0 Å². The molecule has 5 aromatic rings. The first-order chi connectivity index (χ1) is 10.7. The summed E-state index contributed by atoms with van der Waals surface area (Å²) in [5, 5.41) is 6.05. The molecule has 22 heavy (non-hydrogen) atoms. The van der Waals surface area contributed by atoms with E-state index in [4.69, 9.17) is 23.2 Å². The van der Waals surface area contributed by atoms with Gasteiger partial charge < -0.3 is 9.97 Å². The summed E-state index contributed by atoms with van der Waals surface area (Å²) in [4.78, 5) is 6.93. The third-order valence-corrected chi connectivity index (χ3v) is 4.94. The van der Waals surface area contributed by atoms with E-state index in [1.807, 2.05) is 24.3 Å². The van der Waals surface area contributed by atoms with E-state index in [-0.39, 0.29) is 0 Å². The topological polar surface area (TPSA) is 31.6 Å². The van der Waals surface area contributed by atoms with E-state index in [0.29, 0.717) is 0 Å². The van der Waals surface area contributed by atoms with Crippen LogP contribution in [0.5, 0.6) is 0 Å². The van der Waals surface area contributed by atoms with Crippen molar-refractivity contribution < 1.29 is 0 Å². The molecule has 0 radical (unpaired) electrons. The Labute approximate surface area is 135 Å². The van der Waals surface area contributed by atoms with Crippen molar-refractivity contribution >= 4 is 66.8 Å². The summed E-state index contributed by atoms with van der Waals surface area (Å²) in [7, 11) is 0. The molecule has 0 saturated carbocycles. The first kappa shape index (κ1) is 12.4. The summed E-state index contributed by atoms with van der Waals surface area (Å²) in [5.41, 5.74) is 4.06. The van der Waals surface area contributed by atoms with Crippen LogP contribution < -0.4 is 0 Å². The number of para-hydroxylation sites is 2. The standard InChI is InChI=1S/C18H10Cl2N2/c19-13-5-1-3-9-11-7-8-12-10-4-2-6-14(20)16(10)22-18(12)17(11)21-15(9)13/h1-8,21-22H. The number of aromatic amines is 2. The normalized spacial score (nSPS) is 12.1. The van der Waals surface area contributed by atoms with Crippen LogP contribution in [0.3, 0.4) is 0 Å². The first-order valence-corrected chi connectivity index (χ1v) is 7.78. The predicted octanol–water partition coefficient (Wildman–Crippen LogP) is 6.26. The van der Waals surface area contributed by atoms with Gasteiger partial charge in [0.2, 0.25) is 0 Å². The fourth-order valence-electron chi connectivity index (χ4n) is 3.31. The number of rotatable bonds is 0. The van der Waals surface area contributed by atoms with Crippen molar-refractivity contribution in [3.8, 4) is 0 Å². The maximum Gasteiger partial charge on any atom is 0.0710 e. The SMILES string of the molecule is Clc1cccc2c1[nH]c1c2ccc2c3cccc(Cl)c3[nH]c21. The highest BCUT2D eigenvalue weighted by atomic mass is 35.5. The Bertz CT molecular complexity index is 1100. The molecule has 0 aliphatic carbocycles. The average Bonchev–Trinajstić information content (AvgIpc) is 3.07. The van der Waals surface area contributed by atoms with Crippen molar-refractivity contribution in [3.63, 3.8) is 0 Å². The van der Waals surface area contributed by atoms with Crippen LogP contribution in [0.2, 0.25) is 10.0 Å². The van der Waals surface area contributed by atoms with Crippen LogP contribution in [0.1, 0.15) is 0 Å². The number of hydrogen-bond donors (Lipinski definition) is 2. The lowest BCUT2D eigenvalue weighted by Crippen LogP contribution is -1.72. The molecule has 0 spiro atoms.